The van der Waals surface area contributed by atoms with Gasteiger partial charge in [-0.25, -0.2) is 26.3 Å². The van der Waals surface area contributed by atoms with Crippen LogP contribution in [0.2, 0.25) is 0 Å². The molecule has 0 aliphatic rings. The molecule has 0 unspecified atom stereocenters. The van der Waals surface area contributed by atoms with Gasteiger partial charge in [0.1, 0.15) is 11.5 Å². The van der Waals surface area contributed by atoms with Gasteiger partial charge in [0.2, 0.25) is 24.4 Å². The van der Waals surface area contributed by atoms with E-state index in [9.17, 15) is 53.5 Å². The second-order valence-corrected chi connectivity index (χ2v) is 11.0. The Balaban J connectivity index is 0.000000291. The van der Waals surface area contributed by atoms with Crippen molar-refractivity contribution >= 4 is 11.6 Å². The molecule has 0 spiro atoms. The van der Waals surface area contributed by atoms with E-state index in [0.29, 0.717) is 16.7 Å². The summed E-state index contributed by atoms with van der Waals surface area (Å²) in [4.78, 5) is 24.7. The largest absolute Gasteiger partial charge is 0.490 e. The molecule has 4 rings (SSSR count). The van der Waals surface area contributed by atoms with Crippen LogP contribution in [0.15, 0.2) is 72.8 Å². The first kappa shape index (κ1) is 42.7. The minimum absolute atomic E-state index is 0.0575. The van der Waals surface area contributed by atoms with E-state index < -0.39 is 74.5 Å². The molecule has 0 atom stereocenters. The lowest BCUT2D eigenvalue weighted by atomic mass is 9.99. The van der Waals surface area contributed by atoms with E-state index in [1.54, 1.807) is 13.0 Å². The summed E-state index contributed by atoms with van der Waals surface area (Å²) in [5.74, 6) is 1.41. The molecule has 54 heavy (non-hydrogen) atoms. The van der Waals surface area contributed by atoms with Crippen molar-refractivity contribution in [1.82, 2.24) is 0 Å². The molecule has 288 valence electrons. The maximum absolute atomic E-state index is 13.7. The Hall–Kier alpha value is -5.72. The Morgan fingerprint density at radius 3 is 1.43 bits per heavy atom. The lowest BCUT2D eigenvalue weighted by Gasteiger charge is -2.10. The fraction of sp³-hybridized carbons (Fsp3) is 0.263. The van der Waals surface area contributed by atoms with Crippen molar-refractivity contribution in [3.63, 3.8) is 0 Å². The minimum atomic E-state index is -3.04. The van der Waals surface area contributed by atoms with Crippen LogP contribution >= 0.6 is 0 Å². The number of halogens is 10. The van der Waals surface area contributed by atoms with Gasteiger partial charge in [0, 0.05) is 35.1 Å². The molecular weight excluding hydrogens is 742 g/mol. The molecule has 0 heterocycles. The molecule has 0 saturated carbocycles. The van der Waals surface area contributed by atoms with Gasteiger partial charge >= 0.3 is 13.2 Å². The monoisotopic (exact) mass is 772 g/mol. The normalized spacial score (nSPS) is 10.8. The van der Waals surface area contributed by atoms with E-state index >= 15 is 0 Å². The molecule has 4 aromatic rings. The zero-order valence-electron chi connectivity index (χ0n) is 28.3. The van der Waals surface area contributed by atoms with Crippen LogP contribution < -0.4 is 18.9 Å². The Bertz CT molecular complexity index is 1960. The van der Waals surface area contributed by atoms with Gasteiger partial charge in [-0.3, -0.25) is 9.59 Å². The summed E-state index contributed by atoms with van der Waals surface area (Å²) in [6, 6.07) is 14.7. The van der Waals surface area contributed by atoms with Gasteiger partial charge in [0.05, 0.1) is 13.2 Å². The number of aryl methyl sites for hydroxylation is 2. The third-order valence-corrected chi connectivity index (χ3v) is 6.91. The van der Waals surface area contributed by atoms with Gasteiger partial charge in [0.15, 0.2) is 23.1 Å². The summed E-state index contributed by atoms with van der Waals surface area (Å²) >= 11 is 0. The maximum atomic E-state index is 13.7. The summed E-state index contributed by atoms with van der Waals surface area (Å²) < 4.78 is 143. The topological polar surface area (TPSA) is 71.1 Å². The van der Waals surface area contributed by atoms with Gasteiger partial charge in [0.25, 0.3) is 0 Å². The highest BCUT2D eigenvalue weighted by molar-refractivity contribution is 6.49. The second kappa shape index (κ2) is 20.5. The molecule has 0 radical (unpaired) electrons. The number of carbonyl (C=O) groups is 2. The van der Waals surface area contributed by atoms with Crippen LogP contribution in [0.5, 0.6) is 23.0 Å². The van der Waals surface area contributed by atoms with Gasteiger partial charge in [-0.2, -0.15) is 17.6 Å². The fourth-order valence-electron chi connectivity index (χ4n) is 4.34. The van der Waals surface area contributed by atoms with E-state index in [0.717, 1.165) is 36.4 Å². The summed E-state index contributed by atoms with van der Waals surface area (Å²) in [7, 11) is 0. The molecule has 0 aliphatic heterocycles. The quantitative estimate of drug-likeness (QED) is 0.0519. The molecule has 0 N–H and O–H groups in total. The zero-order valence-corrected chi connectivity index (χ0v) is 28.3. The predicted octanol–water partition coefficient (Wildman–Crippen LogP) is 10.0. The third kappa shape index (κ3) is 13.7. The Morgan fingerprint density at radius 1 is 0.537 bits per heavy atom. The van der Waals surface area contributed by atoms with Crippen LogP contribution in [0, 0.1) is 37.3 Å². The first-order valence-corrected chi connectivity index (χ1v) is 15.7. The average molecular weight is 773 g/mol. The molecule has 0 aliphatic carbocycles. The molecule has 0 bridgehead atoms. The molecule has 0 amide bonds. The van der Waals surface area contributed by atoms with Crippen molar-refractivity contribution in [2.45, 2.75) is 52.8 Å². The maximum Gasteiger partial charge on any atom is 0.387 e. The van der Waals surface area contributed by atoms with Crippen LogP contribution in [0.4, 0.5) is 43.9 Å². The van der Waals surface area contributed by atoms with Crippen LogP contribution in [-0.2, 0) is 0 Å². The Morgan fingerprint density at radius 2 is 0.944 bits per heavy atom. The number of hydrogen-bond donors (Lipinski definition) is 0. The van der Waals surface area contributed by atoms with Crippen molar-refractivity contribution in [3.05, 3.63) is 118 Å². The first-order valence-electron chi connectivity index (χ1n) is 15.7. The number of carbonyl (C=O) groups excluding carboxylic acids is 2. The van der Waals surface area contributed by atoms with E-state index in [-0.39, 0.29) is 40.5 Å². The summed E-state index contributed by atoms with van der Waals surface area (Å²) in [5.41, 5.74) is 1.40. The van der Waals surface area contributed by atoms with E-state index in [1.165, 1.54) is 37.3 Å². The molecule has 16 heteroatoms. The SMILES string of the molecule is Cc1cc(C#Cc2ccc(F)c(OCCC(F)F)c2)ccc1OC(F)F.Cc1cc(C(=O)C(=O)c2ccc(F)c(OCCC(F)F)c2)ccc1OC(F)F. The Kier molecular flexibility index (Phi) is 16.2. The lowest BCUT2D eigenvalue weighted by Crippen LogP contribution is -2.15. The lowest BCUT2D eigenvalue weighted by molar-refractivity contribution is -0.0509. The zero-order chi connectivity index (χ0) is 39.9. The first-order chi connectivity index (χ1) is 25.5. The fourth-order valence-corrected chi connectivity index (χ4v) is 4.34. The number of ether oxygens (including phenoxy) is 4. The smallest absolute Gasteiger partial charge is 0.387 e. The number of rotatable bonds is 15. The number of hydrogen-bond acceptors (Lipinski definition) is 6. The summed E-state index contributed by atoms with van der Waals surface area (Å²) in [6.45, 7) is -3.69. The molecule has 4 aromatic carbocycles. The molecule has 6 nitrogen and oxygen atoms in total. The van der Waals surface area contributed by atoms with Crippen LogP contribution in [0.3, 0.4) is 0 Å². The molecule has 0 fully saturated rings. The van der Waals surface area contributed by atoms with E-state index in [1.807, 2.05) is 0 Å². The molecule has 0 saturated heterocycles. The van der Waals surface area contributed by atoms with Gasteiger partial charge in [-0.1, -0.05) is 11.8 Å². The van der Waals surface area contributed by atoms with Crippen molar-refractivity contribution in [2.24, 2.45) is 0 Å². The summed E-state index contributed by atoms with van der Waals surface area (Å²) in [6.07, 6.45) is -6.28. The van der Waals surface area contributed by atoms with Crippen LogP contribution in [0.25, 0.3) is 0 Å². The van der Waals surface area contributed by atoms with Gasteiger partial charge in [-0.05, 0) is 97.8 Å². The average Bonchev–Trinajstić information content (AvgIpc) is 3.10. The second-order valence-electron chi connectivity index (χ2n) is 11.0. The number of alkyl halides is 8. The highest BCUT2D eigenvalue weighted by Crippen LogP contribution is 2.25. The van der Waals surface area contributed by atoms with Crippen LogP contribution in [-0.4, -0.2) is 50.9 Å². The predicted molar refractivity (Wildman–Crippen MR) is 175 cm³/mol. The highest BCUT2D eigenvalue weighted by atomic mass is 19.3. The van der Waals surface area contributed by atoms with Crippen molar-refractivity contribution in [2.75, 3.05) is 13.2 Å². The molecular formula is C38H30F10O6. The third-order valence-electron chi connectivity index (χ3n) is 6.91. The van der Waals surface area contributed by atoms with Crippen molar-refractivity contribution in [1.29, 1.82) is 0 Å². The van der Waals surface area contributed by atoms with Gasteiger partial charge < -0.3 is 18.9 Å². The standard InChI is InChI=1S/C19H15F5O4.C19H15F5O2/c1-10-8-11(3-5-14(10)28-19(23)24)17(25)18(26)12-2-4-13(20)15(9-12)27-7-6-16(21)22;1-12-10-13(5-7-16(12)26-19(23)24)2-3-14-4-6-15(20)17(11-14)25-9-8-18(21)22/h2-5,8-9,16,19H,6-7H2,1H3;4-7,10-11,18-19H,8-9H2,1H3. The van der Waals surface area contributed by atoms with E-state index in [2.05, 4.69) is 21.3 Å². The van der Waals surface area contributed by atoms with E-state index in [4.69, 9.17) is 9.47 Å². The molecule has 0 aromatic heterocycles. The summed E-state index contributed by atoms with van der Waals surface area (Å²) in [5, 5.41) is 0. The van der Waals surface area contributed by atoms with Gasteiger partial charge in [-0.15, -0.1) is 0 Å². The van der Waals surface area contributed by atoms with Crippen molar-refractivity contribution in [3.8, 4) is 34.8 Å². The number of ketones is 2. The Labute approximate surface area is 302 Å². The number of Topliss-reactive ketones (excluding diaryl/α,β-unsaturated/α-hetero) is 2. The van der Waals surface area contributed by atoms with Crippen molar-refractivity contribution < 1.29 is 72.4 Å². The highest BCUT2D eigenvalue weighted by Gasteiger charge is 2.21. The number of benzene rings is 4. The minimum Gasteiger partial charge on any atom is -0.490 e. The van der Waals surface area contributed by atoms with Crippen LogP contribution in [0.1, 0.15) is 55.8 Å².